The molecule has 0 bridgehead atoms. The zero-order chi connectivity index (χ0) is 23.0. The minimum Gasteiger partial charge on any atom is -0.343 e. The highest BCUT2D eigenvalue weighted by molar-refractivity contribution is 7.99. The Morgan fingerprint density at radius 1 is 0.882 bits per heavy atom. The topological polar surface area (TPSA) is 39.1 Å². The highest BCUT2D eigenvalue weighted by atomic mass is 32.1. The highest BCUT2D eigenvalue weighted by Crippen LogP contribution is 2.36. The van der Waals surface area contributed by atoms with E-state index in [4.69, 9.17) is 0 Å². The molecule has 0 atom stereocenters. The molecule has 3 aromatic carbocycles. The maximum Gasteiger partial charge on any atom is 0.197 e. The fourth-order valence-corrected chi connectivity index (χ4v) is 7.44. The summed E-state index contributed by atoms with van der Waals surface area (Å²) in [5.41, 5.74) is 5.07. The molecule has 5 heteroatoms. The van der Waals surface area contributed by atoms with Gasteiger partial charge in [0.25, 0.3) is 0 Å². The van der Waals surface area contributed by atoms with Crippen molar-refractivity contribution in [1.82, 2.24) is 4.57 Å². The van der Waals surface area contributed by atoms with Crippen molar-refractivity contribution in [3.8, 4) is 0 Å². The number of benzene rings is 3. The van der Waals surface area contributed by atoms with Crippen molar-refractivity contribution in [3.05, 3.63) is 106 Å². The monoisotopic (exact) mass is 477 g/mol. The normalized spacial score (nSPS) is 15.0. The molecule has 0 saturated heterocycles. The van der Waals surface area contributed by atoms with E-state index in [0.717, 1.165) is 27.6 Å². The molecule has 5 aromatic rings. The third kappa shape index (κ3) is 2.87. The van der Waals surface area contributed by atoms with Gasteiger partial charge < -0.3 is 4.57 Å². The lowest BCUT2D eigenvalue weighted by Gasteiger charge is -2.04. The standard InChI is InChI=1S/C29H19NO2S2/c1-30-23-14-19(33-27(23)15-24(30)26-12-18-8-4-5-9-25(18)34-26)13-22-28(31)20-10-16-6-2-3-7-17(16)11-21(20)29(22)32/h2-11,13-15,34H,12H2,1H3. The van der Waals surface area contributed by atoms with Crippen molar-refractivity contribution >= 4 is 66.2 Å². The molecule has 0 radical (unpaired) electrons. The number of hydrogen-bond donors (Lipinski definition) is 1. The number of allylic oxidation sites excluding steroid dienone is 1. The van der Waals surface area contributed by atoms with Crippen LogP contribution < -0.4 is 0 Å². The van der Waals surface area contributed by atoms with Gasteiger partial charge in [0.15, 0.2) is 11.6 Å². The maximum atomic E-state index is 13.1. The van der Waals surface area contributed by atoms with Crippen molar-refractivity contribution in [2.45, 2.75) is 11.3 Å². The van der Waals surface area contributed by atoms with Crippen LogP contribution in [-0.2, 0) is 13.5 Å². The highest BCUT2D eigenvalue weighted by Gasteiger charge is 2.33. The van der Waals surface area contributed by atoms with Crippen molar-refractivity contribution in [2.75, 3.05) is 0 Å². The second-order valence-corrected chi connectivity index (χ2v) is 11.2. The SMILES string of the molecule is Cn1c(C2=[SH]c3ccccc3C2)cc2sc(C=C3C(=O)c4cc5ccccc5cc4C3=O)cc21. The van der Waals surface area contributed by atoms with Gasteiger partial charge >= 0.3 is 0 Å². The molecule has 1 aliphatic heterocycles. The Morgan fingerprint density at radius 3 is 2.24 bits per heavy atom. The number of rotatable bonds is 2. The first-order valence-electron chi connectivity index (χ1n) is 11.2. The lowest BCUT2D eigenvalue weighted by Crippen LogP contribution is -2.05. The Balaban J connectivity index is 1.26. The Morgan fingerprint density at radius 2 is 1.56 bits per heavy atom. The van der Waals surface area contributed by atoms with E-state index < -0.39 is 0 Å². The average molecular weight is 478 g/mol. The molecule has 0 saturated carbocycles. The second kappa shape index (κ2) is 7.23. The molecule has 1 aliphatic carbocycles. The van der Waals surface area contributed by atoms with Crippen molar-refractivity contribution in [1.29, 1.82) is 0 Å². The molecule has 0 spiro atoms. The van der Waals surface area contributed by atoms with E-state index >= 15 is 0 Å². The number of nitrogens with zero attached hydrogens (tertiary/aromatic N) is 1. The molecular weight excluding hydrogens is 458 g/mol. The van der Waals surface area contributed by atoms with E-state index in [2.05, 4.69) is 48.0 Å². The number of thiol groups is 1. The van der Waals surface area contributed by atoms with Crippen LogP contribution in [0.1, 0.15) is 36.9 Å². The molecular formula is C29H19NO2S2. The summed E-state index contributed by atoms with van der Waals surface area (Å²) >= 11 is 2.91. The quantitative estimate of drug-likeness (QED) is 0.137. The fourth-order valence-electron chi connectivity index (χ4n) is 5.04. The minimum absolute atomic E-state index is 0.179. The zero-order valence-electron chi connectivity index (χ0n) is 18.3. The van der Waals surface area contributed by atoms with Crippen LogP contribution in [-0.4, -0.2) is 21.0 Å². The number of thiophene rings is 1. The Bertz CT molecular complexity index is 1720. The van der Waals surface area contributed by atoms with Gasteiger partial charge in [0.2, 0.25) is 0 Å². The molecule has 164 valence electrons. The summed E-state index contributed by atoms with van der Waals surface area (Å²) in [6, 6.07) is 24.5. The molecule has 2 aromatic heterocycles. The largest absolute Gasteiger partial charge is 0.343 e. The van der Waals surface area contributed by atoms with Gasteiger partial charge in [-0.05, 0) is 52.7 Å². The van der Waals surface area contributed by atoms with Gasteiger partial charge in [0.05, 0.1) is 21.5 Å². The second-order valence-electron chi connectivity index (χ2n) is 8.81. The summed E-state index contributed by atoms with van der Waals surface area (Å²) < 4.78 is 3.41. The summed E-state index contributed by atoms with van der Waals surface area (Å²) in [4.78, 5) is 30.0. The smallest absolute Gasteiger partial charge is 0.197 e. The molecule has 7 rings (SSSR count). The third-order valence-electron chi connectivity index (χ3n) is 6.80. The zero-order valence-corrected chi connectivity index (χ0v) is 20.0. The first-order chi connectivity index (χ1) is 16.6. The Hall–Kier alpha value is -3.54. The number of hydrogen-bond acceptors (Lipinski definition) is 3. The number of ketones is 2. The van der Waals surface area contributed by atoms with Crippen molar-refractivity contribution in [2.24, 2.45) is 7.05 Å². The summed E-state index contributed by atoms with van der Waals surface area (Å²) in [5.74, 6) is -0.357. The van der Waals surface area contributed by atoms with Crippen LogP contribution in [0.5, 0.6) is 0 Å². The van der Waals surface area contributed by atoms with E-state index in [0.29, 0.717) is 11.1 Å². The van der Waals surface area contributed by atoms with Crippen LogP contribution >= 0.6 is 22.7 Å². The molecule has 0 amide bonds. The fraction of sp³-hybridized carbons (Fsp3) is 0.0690. The van der Waals surface area contributed by atoms with E-state index in [-0.39, 0.29) is 17.1 Å². The predicted molar refractivity (Wildman–Crippen MR) is 143 cm³/mol. The molecule has 2 aliphatic rings. The van der Waals surface area contributed by atoms with Gasteiger partial charge in [-0.2, -0.15) is 11.4 Å². The van der Waals surface area contributed by atoms with E-state index in [1.54, 1.807) is 17.4 Å². The van der Waals surface area contributed by atoms with Gasteiger partial charge in [0, 0.05) is 39.2 Å². The van der Waals surface area contributed by atoms with E-state index in [9.17, 15) is 9.59 Å². The molecule has 0 N–H and O–H groups in total. The van der Waals surface area contributed by atoms with Crippen LogP contribution in [0.3, 0.4) is 0 Å². The molecule has 0 unspecified atom stereocenters. The first-order valence-corrected chi connectivity index (χ1v) is 12.9. The third-order valence-corrected chi connectivity index (χ3v) is 9.15. The summed E-state index contributed by atoms with van der Waals surface area (Å²) in [5, 5.41) is 1.95. The first kappa shape index (κ1) is 19.9. The van der Waals surface area contributed by atoms with Crippen LogP contribution in [0.25, 0.3) is 27.1 Å². The Labute approximate surface area is 203 Å². The number of aromatic nitrogens is 1. The van der Waals surface area contributed by atoms with Gasteiger partial charge in [-0.3, -0.25) is 9.59 Å². The number of carbonyl (C=O) groups excluding carboxylic acids is 2. The molecule has 34 heavy (non-hydrogen) atoms. The molecule has 0 fully saturated rings. The maximum absolute atomic E-state index is 13.1. The number of Topliss-reactive ketones (excluding diaryl/α,β-unsaturated/α-hetero) is 2. The Kier molecular flexibility index (Phi) is 4.23. The van der Waals surface area contributed by atoms with Gasteiger partial charge in [-0.1, -0.05) is 42.5 Å². The number of aryl methyl sites for hydroxylation is 1. The van der Waals surface area contributed by atoms with Crippen LogP contribution in [0, 0.1) is 0 Å². The summed E-state index contributed by atoms with van der Waals surface area (Å²) in [6.07, 6.45) is 2.76. The molecule has 3 heterocycles. The van der Waals surface area contributed by atoms with Crippen molar-refractivity contribution in [3.63, 3.8) is 0 Å². The summed E-state index contributed by atoms with van der Waals surface area (Å²) in [7, 11) is 2.10. The van der Waals surface area contributed by atoms with Gasteiger partial charge in [0.1, 0.15) is 0 Å². The van der Waals surface area contributed by atoms with Crippen LogP contribution in [0.2, 0.25) is 0 Å². The molecule has 3 nitrogen and oxygen atoms in total. The predicted octanol–water partition coefficient (Wildman–Crippen LogP) is 6.46. The average Bonchev–Trinajstić information content (AvgIpc) is 3.58. The van der Waals surface area contributed by atoms with Crippen LogP contribution in [0.15, 0.2) is 83.3 Å². The van der Waals surface area contributed by atoms with E-state index in [1.165, 1.54) is 37.1 Å². The van der Waals surface area contributed by atoms with E-state index in [1.807, 2.05) is 36.4 Å². The lowest BCUT2D eigenvalue weighted by molar-refractivity contribution is 0.0990. The minimum atomic E-state index is -0.179. The summed E-state index contributed by atoms with van der Waals surface area (Å²) in [6.45, 7) is 0. The number of carbonyl (C=O) groups is 2. The van der Waals surface area contributed by atoms with Crippen LogP contribution in [0.4, 0.5) is 0 Å². The number of fused-ring (bicyclic) bond motifs is 4. The van der Waals surface area contributed by atoms with Gasteiger partial charge in [-0.25, -0.2) is 0 Å². The van der Waals surface area contributed by atoms with Crippen molar-refractivity contribution < 1.29 is 9.59 Å². The van der Waals surface area contributed by atoms with Gasteiger partial charge in [-0.15, -0.1) is 11.3 Å². The lowest BCUT2D eigenvalue weighted by atomic mass is 10.0.